The maximum absolute atomic E-state index is 4.55. The van der Waals surface area contributed by atoms with Crippen LogP contribution in [0.2, 0.25) is 0 Å². The summed E-state index contributed by atoms with van der Waals surface area (Å²) in [6.45, 7) is 5.79. The number of fused-ring (bicyclic) bond motifs is 2. The lowest BCUT2D eigenvalue weighted by atomic mass is 9.90. The maximum Gasteiger partial charge on any atom is 0.164 e. The molecule has 0 spiro atoms. The minimum atomic E-state index is 0.216. The molecule has 1 aromatic carbocycles. The molecule has 21 heavy (non-hydrogen) atoms. The monoisotopic (exact) mass is 279 g/mol. The zero-order valence-corrected chi connectivity index (χ0v) is 12.2. The highest BCUT2D eigenvalue weighted by Crippen LogP contribution is 2.29. The molecule has 1 aliphatic rings. The van der Waals surface area contributed by atoms with Crippen LogP contribution in [-0.4, -0.2) is 26.1 Å². The van der Waals surface area contributed by atoms with Gasteiger partial charge in [0.15, 0.2) is 5.65 Å². The van der Waals surface area contributed by atoms with Gasteiger partial charge in [0.05, 0.1) is 5.92 Å². The van der Waals surface area contributed by atoms with Crippen molar-refractivity contribution in [1.29, 1.82) is 0 Å². The number of nitrogens with zero attached hydrogens (tertiary/aromatic N) is 4. The van der Waals surface area contributed by atoms with Gasteiger partial charge >= 0.3 is 0 Å². The molecule has 0 saturated heterocycles. The van der Waals surface area contributed by atoms with Gasteiger partial charge in [-0.3, -0.25) is 4.40 Å². The fourth-order valence-corrected chi connectivity index (χ4v) is 3.21. The third kappa shape index (κ3) is 1.93. The summed E-state index contributed by atoms with van der Waals surface area (Å²) in [6, 6.07) is 10.5. The summed E-state index contributed by atoms with van der Waals surface area (Å²) < 4.78 is 2.07. The summed E-state index contributed by atoms with van der Waals surface area (Å²) in [5.41, 5.74) is 4.52. The predicted molar refractivity (Wildman–Crippen MR) is 80.2 cm³/mol. The molecule has 3 aromatic rings. The van der Waals surface area contributed by atoms with Gasteiger partial charge < -0.3 is 5.32 Å². The third-order valence-electron chi connectivity index (χ3n) is 4.12. The van der Waals surface area contributed by atoms with Crippen molar-refractivity contribution in [1.82, 2.24) is 24.9 Å². The first-order valence-corrected chi connectivity index (χ1v) is 7.22. The predicted octanol–water partition coefficient (Wildman–Crippen LogP) is 1.98. The van der Waals surface area contributed by atoms with E-state index in [9.17, 15) is 0 Å². The average molecular weight is 279 g/mol. The van der Waals surface area contributed by atoms with Gasteiger partial charge in [-0.05, 0) is 25.0 Å². The normalized spacial score (nSPS) is 17.9. The molecule has 5 nitrogen and oxygen atoms in total. The Kier molecular flexibility index (Phi) is 2.75. The van der Waals surface area contributed by atoms with Gasteiger partial charge in [-0.15, -0.1) is 10.2 Å². The van der Waals surface area contributed by atoms with Crippen LogP contribution in [0, 0.1) is 13.8 Å². The highest BCUT2D eigenvalue weighted by atomic mass is 15.3. The molecule has 0 radical (unpaired) electrons. The van der Waals surface area contributed by atoms with Gasteiger partial charge in [0, 0.05) is 24.8 Å². The highest BCUT2D eigenvalue weighted by molar-refractivity contribution is 5.44. The van der Waals surface area contributed by atoms with E-state index in [0.717, 1.165) is 36.1 Å². The summed E-state index contributed by atoms with van der Waals surface area (Å²) in [5.74, 6) is 2.12. The molecular formula is C16H17N5. The SMILES string of the molecule is Cc1cc2nnc(C3CNCc4ccccc43)n2c(C)n1. The van der Waals surface area contributed by atoms with E-state index < -0.39 is 0 Å². The Morgan fingerprint density at radius 3 is 2.95 bits per heavy atom. The van der Waals surface area contributed by atoms with Crippen LogP contribution in [0.15, 0.2) is 30.3 Å². The zero-order chi connectivity index (χ0) is 14.4. The molecule has 1 atom stereocenters. The van der Waals surface area contributed by atoms with Crippen LogP contribution in [0.5, 0.6) is 0 Å². The lowest BCUT2D eigenvalue weighted by Crippen LogP contribution is -2.30. The molecule has 0 saturated carbocycles. The number of benzene rings is 1. The third-order valence-corrected chi connectivity index (χ3v) is 4.12. The summed E-state index contributed by atoms with van der Waals surface area (Å²) in [4.78, 5) is 4.55. The Bertz CT molecular complexity index is 821. The summed E-state index contributed by atoms with van der Waals surface area (Å²) >= 11 is 0. The van der Waals surface area contributed by atoms with Crippen LogP contribution < -0.4 is 5.32 Å². The Balaban J connectivity index is 1.92. The number of aryl methyl sites for hydroxylation is 2. The van der Waals surface area contributed by atoms with E-state index >= 15 is 0 Å². The molecule has 106 valence electrons. The Morgan fingerprint density at radius 1 is 1.19 bits per heavy atom. The molecule has 5 heteroatoms. The Hall–Kier alpha value is -2.27. The molecule has 1 unspecified atom stereocenters. The number of aromatic nitrogens is 4. The molecule has 0 amide bonds. The fraction of sp³-hybridized carbons (Fsp3) is 0.312. The second kappa shape index (κ2) is 4.63. The summed E-state index contributed by atoms with van der Waals surface area (Å²) in [5, 5.41) is 12.3. The van der Waals surface area contributed by atoms with Crippen molar-refractivity contribution >= 4 is 5.65 Å². The second-order valence-electron chi connectivity index (χ2n) is 5.58. The largest absolute Gasteiger partial charge is 0.312 e. The number of rotatable bonds is 1. The van der Waals surface area contributed by atoms with Gasteiger partial charge in [0.2, 0.25) is 0 Å². The first kappa shape index (κ1) is 12.5. The molecule has 0 aliphatic carbocycles. The summed E-state index contributed by atoms with van der Waals surface area (Å²) in [6.07, 6.45) is 0. The topological polar surface area (TPSA) is 55.1 Å². The Labute approximate surface area is 123 Å². The van der Waals surface area contributed by atoms with Crippen LogP contribution in [-0.2, 0) is 6.54 Å². The molecule has 1 aliphatic heterocycles. The van der Waals surface area contributed by atoms with Crippen molar-refractivity contribution in [3.05, 3.63) is 58.8 Å². The van der Waals surface area contributed by atoms with Crippen molar-refractivity contribution in [2.45, 2.75) is 26.3 Å². The van der Waals surface area contributed by atoms with Crippen LogP contribution in [0.1, 0.15) is 34.4 Å². The molecule has 0 fully saturated rings. The number of hydrogen-bond acceptors (Lipinski definition) is 4. The van der Waals surface area contributed by atoms with Crippen molar-refractivity contribution < 1.29 is 0 Å². The van der Waals surface area contributed by atoms with Gasteiger partial charge in [0.25, 0.3) is 0 Å². The van der Waals surface area contributed by atoms with E-state index in [1.54, 1.807) is 0 Å². The fourth-order valence-electron chi connectivity index (χ4n) is 3.21. The van der Waals surface area contributed by atoms with E-state index in [1.165, 1.54) is 11.1 Å². The van der Waals surface area contributed by atoms with Crippen molar-refractivity contribution in [3.63, 3.8) is 0 Å². The van der Waals surface area contributed by atoms with Crippen molar-refractivity contribution in [2.75, 3.05) is 6.54 Å². The number of nitrogens with one attached hydrogen (secondary N) is 1. The molecule has 0 bridgehead atoms. The van der Waals surface area contributed by atoms with Crippen molar-refractivity contribution in [2.24, 2.45) is 0 Å². The van der Waals surface area contributed by atoms with E-state index in [2.05, 4.69) is 49.2 Å². The van der Waals surface area contributed by atoms with Gasteiger partial charge in [-0.2, -0.15) is 0 Å². The summed E-state index contributed by atoms with van der Waals surface area (Å²) in [7, 11) is 0. The smallest absolute Gasteiger partial charge is 0.164 e. The lowest BCUT2D eigenvalue weighted by Gasteiger charge is -2.25. The van der Waals surface area contributed by atoms with Gasteiger partial charge in [-0.1, -0.05) is 24.3 Å². The van der Waals surface area contributed by atoms with E-state index in [0.29, 0.717) is 0 Å². The average Bonchev–Trinajstić information content (AvgIpc) is 2.90. The Morgan fingerprint density at radius 2 is 2.05 bits per heavy atom. The standard InChI is InChI=1S/C16H17N5/c1-10-7-15-19-20-16(21(15)11(2)18-10)14-9-17-8-12-5-3-4-6-13(12)14/h3-7,14,17H,8-9H2,1-2H3. The van der Waals surface area contributed by atoms with E-state index in [1.807, 2.05) is 19.9 Å². The van der Waals surface area contributed by atoms with Crippen LogP contribution in [0.3, 0.4) is 0 Å². The molecule has 3 heterocycles. The number of hydrogen-bond donors (Lipinski definition) is 1. The van der Waals surface area contributed by atoms with E-state index in [4.69, 9.17) is 0 Å². The van der Waals surface area contributed by atoms with Gasteiger partial charge in [0.1, 0.15) is 11.6 Å². The quantitative estimate of drug-likeness (QED) is 0.740. The minimum absolute atomic E-state index is 0.216. The first-order valence-electron chi connectivity index (χ1n) is 7.22. The van der Waals surface area contributed by atoms with Crippen molar-refractivity contribution in [3.8, 4) is 0 Å². The first-order chi connectivity index (χ1) is 10.2. The lowest BCUT2D eigenvalue weighted by molar-refractivity contribution is 0.566. The molecule has 4 rings (SSSR count). The molecular weight excluding hydrogens is 262 g/mol. The van der Waals surface area contributed by atoms with Crippen LogP contribution in [0.4, 0.5) is 0 Å². The minimum Gasteiger partial charge on any atom is -0.312 e. The molecule has 1 N–H and O–H groups in total. The second-order valence-corrected chi connectivity index (χ2v) is 5.58. The van der Waals surface area contributed by atoms with E-state index in [-0.39, 0.29) is 5.92 Å². The molecule has 2 aromatic heterocycles. The highest BCUT2D eigenvalue weighted by Gasteiger charge is 2.26. The maximum atomic E-state index is 4.55. The van der Waals surface area contributed by atoms with Crippen LogP contribution in [0.25, 0.3) is 5.65 Å². The van der Waals surface area contributed by atoms with Gasteiger partial charge in [-0.25, -0.2) is 4.98 Å². The zero-order valence-electron chi connectivity index (χ0n) is 12.2. The van der Waals surface area contributed by atoms with Crippen LogP contribution >= 0.6 is 0 Å².